The average Bonchev–Trinajstić information content (AvgIpc) is 2.40. The maximum atomic E-state index is 13.8. The second kappa shape index (κ2) is 5.55. The van der Waals surface area contributed by atoms with E-state index in [0.29, 0.717) is 13.1 Å². The summed E-state index contributed by atoms with van der Waals surface area (Å²) < 4.78 is 40.6. The molecule has 0 aliphatic carbocycles. The molecule has 1 aliphatic rings. The second-order valence-electron chi connectivity index (χ2n) is 5.80. The molecule has 118 valence electrons. The zero-order valence-electron chi connectivity index (χ0n) is 12.8. The Balaban J connectivity index is 2.39. The number of likely N-dealkylation sites (N-methyl/N-ethyl adjacent to an activating group) is 1. The topological polar surface area (TPSA) is 66.6 Å². The Hall–Kier alpha value is -1.18. The largest absolute Gasteiger partial charge is 0.398 e. The molecule has 0 bridgehead atoms. The third-order valence-electron chi connectivity index (χ3n) is 4.32. The van der Waals surface area contributed by atoms with Crippen molar-refractivity contribution >= 4 is 15.7 Å². The SMILES string of the molecule is Cc1c(N)cc(S(=O)(=O)N2CC(C)N(C)C(C)C2)cc1F. The van der Waals surface area contributed by atoms with Crippen LogP contribution in [0.2, 0.25) is 0 Å². The van der Waals surface area contributed by atoms with E-state index in [9.17, 15) is 12.8 Å². The summed E-state index contributed by atoms with van der Waals surface area (Å²) >= 11 is 0. The fourth-order valence-corrected chi connectivity index (χ4v) is 4.17. The lowest BCUT2D eigenvalue weighted by molar-refractivity contribution is 0.105. The van der Waals surface area contributed by atoms with Crippen LogP contribution in [0.25, 0.3) is 0 Å². The predicted octanol–water partition coefficient (Wildman–Crippen LogP) is 1.43. The highest BCUT2D eigenvalue weighted by Gasteiger charge is 2.34. The van der Waals surface area contributed by atoms with Crippen molar-refractivity contribution in [1.82, 2.24) is 9.21 Å². The van der Waals surface area contributed by atoms with E-state index in [4.69, 9.17) is 5.73 Å². The molecular weight excluding hydrogens is 293 g/mol. The zero-order chi connectivity index (χ0) is 15.9. The molecule has 2 rings (SSSR count). The van der Waals surface area contributed by atoms with Gasteiger partial charge in [0.2, 0.25) is 10.0 Å². The molecule has 1 fully saturated rings. The first-order valence-corrected chi connectivity index (χ1v) is 8.36. The number of benzene rings is 1. The lowest BCUT2D eigenvalue weighted by Crippen LogP contribution is -2.56. The molecule has 5 nitrogen and oxygen atoms in total. The van der Waals surface area contributed by atoms with Gasteiger partial charge < -0.3 is 5.73 Å². The maximum absolute atomic E-state index is 13.8. The Morgan fingerprint density at radius 2 is 1.76 bits per heavy atom. The molecule has 2 atom stereocenters. The molecule has 1 aromatic carbocycles. The van der Waals surface area contributed by atoms with Gasteiger partial charge in [0.15, 0.2) is 0 Å². The Morgan fingerprint density at radius 3 is 2.24 bits per heavy atom. The quantitative estimate of drug-likeness (QED) is 0.839. The van der Waals surface area contributed by atoms with Crippen LogP contribution in [0, 0.1) is 12.7 Å². The van der Waals surface area contributed by atoms with E-state index in [0.717, 1.165) is 6.07 Å². The van der Waals surface area contributed by atoms with Gasteiger partial charge in [-0.3, -0.25) is 4.90 Å². The van der Waals surface area contributed by atoms with Crippen molar-refractivity contribution in [2.24, 2.45) is 0 Å². The summed E-state index contributed by atoms with van der Waals surface area (Å²) in [6.07, 6.45) is 0. The third-order valence-corrected chi connectivity index (χ3v) is 6.13. The van der Waals surface area contributed by atoms with Crippen molar-refractivity contribution in [3.05, 3.63) is 23.5 Å². The summed E-state index contributed by atoms with van der Waals surface area (Å²) in [4.78, 5) is 2.06. The van der Waals surface area contributed by atoms with Crippen LogP contribution < -0.4 is 5.73 Å². The third kappa shape index (κ3) is 2.90. The van der Waals surface area contributed by atoms with Gasteiger partial charge in [-0.1, -0.05) is 0 Å². The van der Waals surface area contributed by atoms with Crippen LogP contribution in [0.4, 0.5) is 10.1 Å². The van der Waals surface area contributed by atoms with Gasteiger partial charge in [0.25, 0.3) is 0 Å². The summed E-state index contributed by atoms with van der Waals surface area (Å²) in [5, 5.41) is 0. The van der Waals surface area contributed by atoms with Crippen LogP contribution in [0.1, 0.15) is 19.4 Å². The molecule has 0 amide bonds. The number of nitrogens with zero attached hydrogens (tertiary/aromatic N) is 2. The molecule has 2 N–H and O–H groups in total. The molecule has 2 unspecified atom stereocenters. The molecule has 0 saturated carbocycles. The molecule has 7 heteroatoms. The number of rotatable bonds is 2. The van der Waals surface area contributed by atoms with Crippen LogP contribution in [-0.4, -0.2) is 49.8 Å². The van der Waals surface area contributed by atoms with E-state index in [1.807, 2.05) is 20.9 Å². The standard InChI is InChI=1S/C14H22FN3O2S/c1-9-7-18(8-10(2)17(9)4)21(19,20)12-5-13(15)11(3)14(16)6-12/h5-6,9-10H,7-8,16H2,1-4H3. The second-order valence-corrected chi connectivity index (χ2v) is 7.74. The monoisotopic (exact) mass is 315 g/mol. The molecule has 1 saturated heterocycles. The van der Waals surface area contributed by atoms with E-state index >= 15 is 0 Å². The van der Waals surface area contributed by atoms with Crippen molar-refractivity contribution in [3.63, 3.8) is 0 Å². The lowest BCUT2D eigenvalue weighted by Gasteiger charge is -2.41. The molecule has 0 spiro atoms. The highest BCUT2D eigenvalue weighted by molar-refractivity contribution is 7.89. The summed E-state index contributed by atoms with van der Waals surface area (Å²) in [6, 6.07) is 2.60. The van der Waals surface area contributed by atoms with Crippen LogP contribution in [0.5, 0.6) is 0 Å². The van der Waals surface area contributed by atoms with Crippen molar-refractivity contribution in [1.29, 1.82) is 0 Å². The van der Waals surface area contributed by atoms with E-state index in [2.05, 4.69) is 4.90 Å². The van der Waals surface area contributed by atoms with Crippen LogP contribution in [-0.2, 0) is 10.0 Å². The van der Waals surface area contributed by atoms with Crippen LogP contribution >= 0.6 is 0 Å². The van der Waals surface area contributed by atoms with E-state index in [1.165, 1.54) is 17.3 Å². The molecule has 1 aliphatic heterocycles. The van der Waals surface area contributed by atoms with Crippen molar-refractivity contribution in [2.45, 2.75) is 37.8 Å². The Bertz CT molecular complexity index is 613. The van der Waals surface area contributed by atoms with Gasteiger partial charge in [0, 0.05) is 36.4 Å². The zero-order valence-corrected chi connectivity index (χ0v) is 13.6. The van der Waals surface area contributed by atoms with Gasteiger partial charge >= 0.3 is 0 Å². The number of hydrogen-bond acceptors (Lipinski definition) is 4. The predicted molar refractivity (Wildman–Crippen MR) is 81.0 cm³/mol. The lowest BCUT2D eigenvalue weighted by atomic mass is 10.1. The summed E-state index contributed by atoms with van der Waals surface area (Å²) in [5.41, 5.74) is 6.12. The summed E-state index contributed by atoms with van der Waals surface area (Å²) in [5.74, 6) is -0.594. The van der Waals surface area contributed by atoms with Crippen LogP contribution in [0.3, 0.4) is 0 Å². The van der Waals surface area contributed by atoms with Crippen molar-refractivity contribution in [2.75, 3.05) is 25.9 Å². The molecule has 21 heavy (non-hydrogen) atoms. The van der Waals surface area contributed by atoms with E-state index < -0.39 is 15.8 Å². The normalized spacial score (nSPS) is 25.2. The van der Waals surface area contributed by atoms with Gasteiger partial charge in [0.05, 0.1) is 4.90 Å². The number of nitrogens with two attached hydrogens (primary N) is 1. The first-order chi connectivity index (χ1) is 9.64. The minimum atomic E-state index is -3.73. The molecule has 1 aromatic rings. The van der Waals surface area contributed by atoms with Crippen molar-refractivity contribution < 1.29 is 12.8 Å². The minimum Gasteiger partial charge on any atom is -0.398 e. The number of sulfonamides is 1. The Labute approximate surface area is 125 Å². The number of halogens is 1. The number of hydrogen-bond donors (Lipinski definition) is 1. The van der Waals surface area contributed by atoms with Gasteiger partial charge in [-0.25, -0.2) is 12.8 Å². The molecule has 1 heterocycles. The summed E-state index contributed by atoms with van der Waals surface area (Å²) in [7, 11) is -1.75. The van der Waals surface area contributed by atoms with E-state index in [1.54, 1.807) is 0 Å². The summed E-state index contributed by atoms with van der Waals surface area (Å²) in [6.45, 7) is 6.25. The highest BCUT2D eigenvalue weighted by atomic mass is 32.2. The molecule has 0 radical (unpaired) electrons. The maximum Gasteiger partial charge on any atom is 0.243 e. The van der Waals surface area contributed by atoms with E-state index in [-0.39, 0.29) is 28.2 Å². The number of piperazine rings is 1. The fourth-order valence-electron chi connectivity index (χ4n) is 2.52. The van der Waals surface area contributed by atoms with Gasteiger partial charge in [-0.2, -0.15) is 4.31 Å². The number of anilines is 1. The average molecular weight is 315 g/mol. The van der Waals surface area contributed by atoms with Crippen molar-refractivity contribution in [3.8, 4) is 0 Å². The smallest absolute Gasteiger partial charge is 0.243 e. The number of nitrogen functional groups attached to an aromatic ring is 1. The Morgan fingerprint density at radius 1 is 1.24 bits per heavy atom. The highest BCUT2D eigenvalue weighted by Crippen LogP contribution is 2.26. The first-order valence-electron chi connectivity index (χ1n) is 6.92. The minimum absolute atomic E-state index is 0.0768. The molecule has 0 aromatic heterocycles. The molecular formula is C14H22FN3O2S. The first kappa shape index (κ1) is 16.2. The Kier molecular flexibility index (Phi) is 4.28. The van der Waals surface area contributed by atoms with Gasteiger partial charge in [0.1, 0.15) is 5.82 Å². The van der Waals surface area contributed by atoms with Gasteiger partial charge in [-0.15, -0.1) is 0 Å². The fraction of sp³-hybridized carbons (Fsp3) is 0.571. The van der Waals surface area contributed by atoms with Crippen LogP contribution in [0.15, 0.2) is 17.0 Å². The van der Waals surface area contributed by atoms with Gasteiger partial charge in [-0.05, 0) is 40.0 Å².